The third-order valence-electron chi connectivity index (χ3n) is 3.39. The van der Waals surface area contributed by atoms with Crippen LogP contribution in [0.3, 0.4) is 0 Å². The van der Waals surface area contributed by atoms with Gasteiger partial charge in [0.05, 0.1) is 12.3 Å². The summed E-state index contributed by atoms with van der Waals surface area (Å²) in [6.45, 7) is 6.77. The van der Waals surface area contributed by atoms with Crippen molar-refractivity contribution in [2.75, 3.05) is 13.2 Å². The predicted octanol–water partition coefficient (Wildman–Crippen LogP) is 2.99. The van der Waals surface area contributed by atoms with Crippen LogP contribution < -0.4 is 10.1 Å². The molecule has 1 heterocycles. The molecule has 2 rings (SSSR count). The average Bonchev–Trinajstić information content (AvgIpc) is 2.98. The monoisotopic (exact) mass is 289 g/mol. The first kappa shape index (κ1) is 15.6. The van der Waals surface area contributed by atoms with Crippen LogP contribution in [0, 0.1) is 13.8 Å². The third-order valence-corrected chi connectivity index (χ3v) is 3.39. The maximum absolute atomic E-state index is 9.98. The van der Waals surface area contributed by atoms with Gasteiger partial charge >= 0.3 is 0 Å². The number of hydrogen-bond acceptors (Lipinski definition) is 4. The van der Waals surface area contributed by atoms with Gasteiger partial charge in [-0.3, -0.25) is 0 Å². The zero-order valence-electron chi connectivity index (χ0n) is 12.8. The van der Waals surface area contributed by atoms with Crippen molar-refractivity contribution in [1.82, 2.24) is 5.32 Å². The molecule has 0 saturated carbocycles. The second kappa shape index (κ2) is 7.29. The molecule has 0 amide bonds. The van der Waals surface area contributed by atoms with Crippen LogP contribution >= 0.6 is 0 Å². The van der Waals surface area contributed by atoms with Crippen molar-refractivity contribution in [3.8, 4) is 5.75 Å². The van der Waals surface area contributed by atoms with E-state index in [-0.39, 0.29) is 12.6 Å². The second-order valence-electron chi connectivity index (χ2n) is 5.38. The Morgan fingerprint density at radius 3 is 2.76 bits per heavy atom. The maximum Gasteiger partial charge on any atom is 0.122 e. The Kier molecular flexibility index (Phi) is 5.42. The van der Waals surface area contributed by atoms with Crippen molar-refractivity contribution in [2.24, 2.45) is 0 Å². The molecule has 1 aromatic carbocycles. The summed E-state index contributed by atoms with van der Waals surface area (Å²) >= 11 is 0. The summed E-state index contributed by atoms with van der Waals surface area (Å²) in [4.78, 5) is 0. The van der Waals surface area contributed by atoms with Gasteiger partial charge in [-0.2, -0.15) is 0 Å². The van der Waals surface area contributed by atoms with Gasteiger partial charge in [0.15, 0.2) is 0 Å². The lowest BCUT2D eigenvalue weighted by Gasteiger charge is -2.17. The van der Waals surface area contributed by atoms with Crippen LogP contribution in [0.4, 0.5) is 0 Å². The molecule has 1 aromatic heterocycles. The summed E-state index contributed by atoms with van der Waals surface area (Å²) < 4.78 is 11.0. The third kappa shape index (κ3) is 4.62. The number of nitrogens with one attached hydrogen (secondary N) is 1. The van der Waals surface area contributed by atoms with Crippen molar-refractivity contribution in [2.45, 2.75) is 32.9 Å². The minimum Gasteiger partial charge on any atom is -0.491 e. The molecule has 21 heavy (non-hydrogen) atoms. The first-order valence-electron chi connectivity index (χ1n) is 7.21. The first-order valence-corrected chi connectivity index (χ1v) is 7.21. The standard InChI is InChI=1S/C17H23NO3/c1-12-6-7-16(13(2)9-12)21-11-15(19)10-18-14(3)17-5-4-8-20-17/h4-9,14-15,18-19H,10-11H2,1-3H3/t14-,15?/m0/s1. The summed E-state index contributed by atoms with van der Waals surface area (Å²) in [5.41, 5.74) is 2.29. The molecule has 114 valence electrons. The molecule has 0 aliphatic heterocycles. The Bertz CT molecular complexity index is 551. The van der Waals surface area contributed by atoms with Crippen LogP contribution in [0.15, 0.2) is 41.0 Å². The normalized spacial score (nSPS) is 13.9. The molecule has 0 fully saturated rings. The Labute approximate surface area is 125 Å². The summed E-state index contributed by atoms with van der Waals surface area (Å²) in [6.07, 6.45) is 1.08. The van der Waals surface area contributed by atoms with E-state index in [0.29, 0.717) is 6.54 Å². The molecule has 0 bridgehead atoms. The summed E-state index contributed by atoms with van der Waals surface area (Å²) in [5.74, 6) is 1.68. The highest BCUT2D eigenvalue weighted by atomic mass is 16.5. The van der Waals surface area contributed by atoms with E-state index in [4.69, 9.17) is 9.15 Å². The van der Waals surface area contributed by atoms with Gasteiger partial charge in [0.1, 0.15) is 24.2 Å². The second-order valence-corrected chi connectivity index (χ2v) is 5.38. The topological polar surface area (TPSA) is 54.6 Å². The van der Waals surface area contributed by atoms with E-state index in [9.17, 15) is 5.11 Å². The Balaban J connectivity index is 1.75. The Hall–Kier alpha value is -1.78. The highest BCUT2D eigenvalue weighted by Gasteiger charge is 2.11. The fourth-order valence-electron chi connectivity index (χ4n) is 2.16. The summed E-state index contributed by atoms with van der Waals surface area (Å²) in [6, 6.07) is 9.85. The molecule has 2 aromatic rings. The zero-order chi connectivity index (χ0) is 15.2. The van der Waals surface area contributed by atoms with Gasteiger partial charge in [-0.05, 0) is 44.5 Å². The number of furan rings is 1. The number of benzene rings is 1. The van der Waals surface area contributed by atoms with Gasteiger partial charge in [-0.25, -0.2) is 0 Å². The van der Waals surface area contributed by atoms with E-state index >= 15 is 0 Å². The molecule has 0 spiro atoms. The minimum atomic E-state index is -0.567. The molecule has 1 unspecified atom stereocenters. The van der Waals surface area contributed by atoms with Crippen LogP contribution in [0.1, 0.15) is 29.9 Å². The van der Waals surface area contributed by atoms with Crippen LogP contribution in [0.25, 0.3) is 0 Å². The number of rotatable bonds is 7. The SMILES string of the molecule is Cc1ccc(OCC(O)CN[C@@H](C)c2ccco2)c(C)c1. The molecule has 0 aliphatic rings. The van der Waals surface area contributed by atoms with E-state index in [2.05, 4.69) is 11.4 Å². The lowest BCUT2D eigenvalue weighted by atomic mass is 10.1. The lowest BCUT2D eigenvalue weighted by Crippen LogP contribution is -2.33. The van der Waals surface area contributed by atoms with Crippen molar-refractivity contribution in [1.29, 1.82) is 0 Å². The van der Waals surface area contributed by atoms with Gasteiger partial charge in [-0.15, -0.1) is 0 Å². The van der Waals surface area contributed by atoms with E-state index < -0.39 is 6.10 Å². The van der Waals surface area contributed by atoms with Crippen LogP contribution in [0.2, 0.25) is 0 Å². The summed E-state index contributed by atoms with van der Waals surface area (Å²) in [7, 11) is 0. The van der Waals surface area contributed by atoms with Crippen LogP contribution in [0.5, 0.6) is 5.75 Å². The highest BCUT2D eigenvalue weighted by Crippen LogP contribution is 2.19. The van der Waals surface area contributed by atoms with Gasteiger partial charge in [0, 0.05) is 6.54 Å². The summed E-state index contributed by atoms with van der Waals surface area (Å²) in [5, 5.41) is 13.2. The van der Waals surface area contributed by atoms with Crippen LogP contribution in [-0.4, -0.2) is 24.4 Å². The largest absolute Gasteiger partial charge is 0.491 e. The lowest BCUT2D eigenvalue weighted by molar-refractivity contribution is 0.103. The Morgan fingerprint density at radius 1 is 1.29 bits per heavy atom. The van der Waals surface area contributed by atoms with E-state index in [1.807, 2.05) is 45.0 Å². The zero-order valence-corrected chi connectivity index (χ0v) is 12.8. The van der Waals surface area contributed by atoms with Gasteiger partial charge in [-0.1, -0.05) is 17.7 Å². The molecular weight excluding hydrogens is 266 g/mol. The number of aryl methyl sites for hydroxylation is 2. The molecule has 0 radical (unpaired) electrons. The van der Waals surface area contributed by atoms with Crippen molar-refractivity contribution in [3.63, 3.8) is 0 Å². The number of aliphatic hydroxyl groups excluding tert-OH is 1. The van der Waals surface area contributed by atoms with Crippen molar-refractivity contribution < 1.29 is 14.3 Å². The Morgan fingerprint density at radius 2 is 2.10 bits per heavy atom. The predicted molar refractivity (Wildman–Crippen MR) is 82.5 cm³/mol. The fourth-order valence-corrected chi connectivity index (χ4v) is 2.16. The highest BCUT2D eigenvalue weighted by molar-refractivity contribution is 5.35. The number of hydrogen-bond donors (Lipinski definition) is 2. The van der Waals surface area contributed by atoms with Crippen LogP contribution in [-0.2, 0) is 0 Å². The fraction of sp³-hybridized carbons (Fsp3) is 0.412. The van der Waals surface area contributed by atoms with Crippen molar-refractivity contribution in [3.05, 3.63) is 53.5 Å². The first-order chi connectivity index (χ1) is 10.1. The van der Waals surface area contributed by atoms with Gasteiger partial charge < -0.3 is 19.6 Å². The average molecular weight is 289 g/mol. The molecule has 4 heteroatoms. The quantitative estimate of drug-likeness (QED) is 0.823. The molecule has 0 saturated heterocycles. The van der Waals surface area contributed by atoms with E-state index in [0.717, 1.165) is 17.1 Å². The molecule has 4 nitrogen and oxygen atoms in total. The van der Waals surface area contributed by atoms with E-state index in [1.165, 1.54) is 5.56 Å². The minimum absolute atomic E-state index is 0.0655. The number of aliphatic hydroxyl groups is 1. The van der Waals surface area contributed by atoms with Gasteiger partial charge in [0.25, 0.3) is 0 Å². The smallest absolute Gasteiger partial charge is 0.122 e. The maximum atomic E-state index is 9.98. The number of ether oxygens (including phenoxy) is 1. The molecule has 2 N–H and O–H groups in total. The molecular formula is C17H23NO3. The van der Waals surface area contributed by atoms with Gasteiger partial charge in [0.2, 0.25) is 0 Å². The molecule has 0 aliphatic carbocycles. The van der Waals surface area contributed by atoms with E-state index in [1.54, 1.807) is 6.26 Å². The van der Waals surface area contributed by atoms with Crippen molar-refractivity contribution >= 4 is 0 Å². The molecule has 2 atom stereocenters.